The van der Waals surface area contributed by atoms with E-state index in [0.29, 0.717) is 23.6 Å². The number of nitrogens with one attached hydrogen (secondary N) is 1. The smallest absolute Gasteiger partial charge is 0.312 e. The molecule has 9 heteroatoms. The second kappa shape index (κ2) is 7.76. The number of para-hydroxylation sites is 1. The predicted molar refractivity (Wildman–Crippen MR) is 112 cm³/mol. The number of nitrogens with zero attached hydrogens (tertiary/aromatic N) is 1. The number of ether oxygens (including phenoxy) is 2. The molecule has 3 aliphatic heterocycles. The van der Waals surface area contributed by atoms with Gasteiger partial charge < -0.3 is 24.8 Å². The van der Waals surface area contributed by atoms with Crippen LogP contribution in [-0.4, -0.2) is 64.3 Å². The monoisotopic (exact) mass is 450 g/mol. The lowest BCUT2D eigenvalue weighted by atomic mass is 9.66. The van der Waals surface area contributed by atoms with Crippen molar-refractivity contribution in [1.82, 2.24) is 4.90 Å². The molecule has 4 rings (SSSR count). The van der Waals surface area contributed by atoms with Crippen LogP contribution in [0.5, 0.6) is 0 Å². The van der Waals surface area contributed by atoms with Crippen molar-refractivity contribution in [2.45, 2.75) is 56.9 Å². The largest absolute Gasteiger partial charge is 0.466 e. The van der Waals surface area contributed by atoms with Gasteiger partial charge in [-0.15, -0.1) is 0 Å². The van der Waals surface area contributed by atoms with Gasteiger partial charge in [-0.1, -0.05) is 23.7 Å². The molecular formula is C22H27ClN2O6. The van der Waals surface area contributed by atoms with Gasteiger partial charge in [0.1, 0.15) is 17.6 Å². The average molecular weight is 451 g/mol. The first-order valence-corrected chi connectivity index (χ1v) is 10.9. The van der Waals surface area contributed by atoms with E-state index < -0.39 is 47.0 Å². The molecule has 3 fully saturated rings. The quantitative estimate of drug-likeness (QED) is 0.642. The minimum atomic E-state index is -1.17. The second-order valence-corrected chi connectivity index (χ2v) is 9.13. The highest BCUT2D eigenvalue weighted by molar-refractivity contribution is 6.33. The number of carbonyl (C=O) groups is 3. The van der Waals surface area contributed by atoms with Crippen molar-refractivity contribution in [1.29, 1.82) is 0 Å². The Morgan fingerprint density at radius 2 is 2.10 bits per heavy atom. The fraction of sp³-hybridized carbons (Fsp3) is 0.591. The third-order valence-electron chi connectivity index (χ3n) is 6.87. The standard InChI is InChI=1S/C22H27ClN2O6/c1-4-30-20(29)16-15-19(28)25(12(2)11-26)17(22(15)10-9-21(16,3)31-22)18(27)24-14-8-6-5-7-13(14)23/h5-8,12,15-17,26H,4,9-11H2,1-3H3,(H,24,27)/t12-,15+,16+,17?,21-,22?/m1/s1. The molecule has 3 heterocycles. The van der Waals surface area contributed by atoms with Gasteiger partial charge in [0.2, 0.25) is 11.8 Å². The van der Waals surface area contributed by atoms with Crippen molar-refractivity contribution in [3.63, 3.8) is 0 Å². The van der Waals surface area contributed by atoms with Gasteiger partial charge in [0, 0.05) is 0 Å². The van der Waals surface area contributed by atoms with Gasteiger partial charge in [0.15, 0.2) is 0 Å². The van der Waals surface area contributed by atoms with Crippen molar-refractivity contribution in [2.75, 3.05) is 18.5 Å². The Morgan fingerprint density at radius 3 is 2.74 bits per heavy atom. The number of hydrogen-bond acceptors (Lipinski definition) is 6. The molecule has 31 heavy (non-hydrogen) atoms. The molecular weight excluding hydrogens is 424 g/mol. The van der Waals surface area contributed by atoms with Crippen molar-refractivity contribution in [3.05, 3.63) is 29.3 Å². The fourth-order valence-corrected chi connectivity index (χ4v) is 5.76. The maximum absolute atomic E-state index is 13.6. The van der Waals surface area contributed by atoms with Gasteiger partial charge >= 0.3 is 5.97 Å². The van der Waals surface area contributed by atoms with Gasteiger partial charge in [-0.3, -0.25) is 14.4 Å². The Bertz CT molecular complexity index is 925. The summed E-state index contributed by atoms with van der Waals surface area (Å²) in [5.41, 5.74) is -1.64. The fourth-order valence-electron chi connectivity index (χ4n) is 5.58. The van der Waals surface area contributed by atoms with Gasteiger partial charge in [-0.2, -0.15) is 0 Å². The molecule has 2 bridgehead atoms. The summed E-state index contributed by atoms with van der Waals surface area (Å²) in [4.78, 5) is 41.3. The number of benzene rings is 1. The first-order valence-electron chi connectivity index (χ1n) is 10.6. The number of esters is 1. The van der Waals surface area contributed by atoms with Crippen LogP contribution in [0.3, 0.4) is 0 Å². The summed E-state index contributed by atoms with van der Waals surface area (Å²) in [6, 6.07) is 5.17. The number of halogens is 1. The zero-order valence-corrected chi connectivity index (χ0v) is 18.5. The molecule has 3 saturated heterocycles. The summed E-state index contributed by atoms with van der Waals surface area (Å²) in [5.74, 6) is -2.98. The maximum atomic E-state index is 13.6. The summed E-state index contributed by atoms with van der Waals surface area (Å²) in [5, 5.41) is 13.0. The topological polar surface area (TPSA) is 105 Å². The van der Waals surface area contributed by atoms with Crippen LogP contribution in [-0.2, 0) is 23.9 Å². The summed E-state index contributed by atoms with van der Waals surface area (Å²) in [6.45, 7) is 5.04. The number of carbonyl (C=O) groups excluding carboxylic acids is 3. The molecule has 1 spiro atoms. The number of aliphatic hydroxyl groups is 1. The predicted octanol–water partition coefficient (Wildman–Crippen LogP) is 1.99. The number of rotatable bonds is 6. The molecule has 168 valence electrons. The van der Waals surface area contributed by atoms with E-state index in [4.69, 9.17) is 21.1 Å². The Kier molecular flexibility index (Phi) is 5.52. The number of aliphatic hydroxyl groups excluding tert-OH is 1. The third-order valence-corrected chi connectivity index (χ3v) is 7.20. The van der Waals surface area contributed by atoms with Crippen molar-refractivity contribution in [3.8, 4) is 0 Å². The first kappa shape index (κ1) is 22.0. The molecule has 0 saturated carbocycles. The van der Waals surface area contributed by atoms with Gasteiger partial charge in [0.05, 0.1) is 41.5 Å². The van der Waals surface area contributed by atoms with Crippen LogP contribution in [0.1, 0.15) is 33.6 Å². The Balaban J connectivity index is 1.76. The molecule has 0 aromatic heterocycles. The molecule has 3 aliphatic rings. The summed E-state index contributed by atoms with van der Waals surface area (Å²) in [6.07, 6.45) is 0.975. The Labute approximate surface area is 185 Å². The van der Waals surface area contributed by atoms with Crippen LogP contribution >= 0.6 is 11.6 Å². The van der Waals surface area contributed by atoms with Crippen LogP contribution in [0.2, 0.25) is 5.02 Å². The van der Waals surface area contributed by atoms with E-state index in [9.17, 15) is 19.5 Å². The molecule has 1 aromatic rings. The average Bonchev–Trinajstić information content (AvgIpc) is 3.30. The van der Waals surface area contributed by atoms with E-state index >= 15 is 0 Å². The lowest BCUT2D eigenvalue weighted by molar-refractivity contribution is -0.159. The number of anilines is 1. The number of hydrogen-bond donors (Lipinski definition) is 2. The normalized spacial score (nSPS) is 34.5. The minimum Gasteiger partial charge on any atom is -0.466 e. The molecule has 2 unspecified atom stereocenters. The SMILES string of the molecule is CCOC(=O)[C@@H]1[C@H]2C(=O)N([C@H](C)CO)C(C(=O)Nc3ccccc3Cl)C23CC[C@@]1(C)O3. The lowest BCUT2D eigenvalue weighted by Gasteiger charge is -2.35. The summed E-state index contributed by atoms with van der Waals surface area (Å²) < 4.78 is 11.7. The molecule has 6 atom stereocenters. The van der Waals surface area contributed by atoms with Crippen LogP contribution in [0.15, 0.2) is 24.3 Å². The van der Waals surface area contributed by atoms with Crippen LogP contribution in [0.4, 0.5) is 5.69 Å². The van der Waals surface area contributed by atoms with E-state index in [1.165, 1.54) is 4.90 Å². The molecule has 2 N–H and O–H groups in total. The molecule has 0 radical (unpaired) electrons. The van der Waals surface area contributed by atoms with Crippen molar-refractivity contribution >= 4 is 35.1 Å². The van der Waals surface area contributed by atoms with Gasteiger partial charge in [-0.05, 0) is 45.7 Å². The van der Waals surface area contributed by atoms with Gasteiger partial charge in [-0.25, -0.2) is 0 Å². The summed E-state index contributed by atoms with van der Waals surface area (Å²) >= 11 is 6.21. The molecule has 8 nitrogen and oxygen atoms in total. The van der Waals surface area contributed by atoms with Crippen LogP contribution < -0.4 is 5.32 Å². The number of likely N-dealkylation sites (tertiary alicyclic amines) is 1. The summed E-state index contributed by atoms with van der Waals surface area (Å²) in [7, 11) is 0. The molecule has 1 aromatic carbocycles. The van der Waals surface area contributed by atoms with Gasteiger partial charge in [0.25, 0.3) is 0 Å². The highest BCUT2D eigenvalue weighted by Gasteiger charge is 2.78. The third kappa shape index (κ3) is 3.15. The number of amides is 2. The highest BCUT2D eigenvalue weighted by Crippen LogP contribution is 2.63. The van der Waals surface area contributed by atoms with Crippen LogP contribution in [0, 0.1) is 11.8 Å². The maximum Gasteiger partial charge on any atom is 0.312 e. The zero-order chi connectivity index (χ0) is 22.6. The van der Waals surface area contributed by atoms with Crippen LogP contribution in [0.25, 0.3) is 0 Å². The van der Waals surface area contributed by atoms with E-state index in [2.05, 4.69) is 5.32 Å². The highest BCUT2D eigenvalue weighted by atomic mass is 35.5. The first-order chi connectivity index (χ1) is 14.7. The van der Waals surface area contributed by atoms with E-state index in [0.717, 1.165) is 0 Å². The number of fused-ring (bicyclic) bond motifs is 1. The van der Waals surface area contributed by atoms with Crippen molar-refractivity contribution < 1.29 is 29.0 Å². The molecule has 2 amide bonds. The van der Waals surface area contributed by atoms with E-state index in [-0.39, 0.29) is 19.1 Å². The molecule has 0 aliphatic carbocycles. The van der Waals surface area contributed by atoms with E-state index in [1.54, 1.807) is 45.0 Å². The second-order valence-electron chi connectivity index (χ2n) is 8.73. The lowest BCUT2D eigenvalue weighted by Crippen LogP contribution is -2.55. The van der Waals surface area contributed by atoms with E-state index in [1.807, 2.05) is 0 Å². The zero-order valence-electron chi connectivity index (χ0n) is 17.8. The Hall–Kier alpha value is -2.16. The Morgan fingerprint density at radius 1 is 1.39 bits per heavy atom. The minimum absolute atomic E-state index is 0.187. The van der Waals surface area contributed by atoms with Crippen molar-refractivity contribution in [2.24, 2.45) is 11.8 Å².